The lowest BCUT2D eigenvalue weighted by atomic mass is 9.94. The Balaban J connectivity index is 1.67. The first-order valence-corrected chi connectivity index (χ1v) is 9.17. The summed E-state index contributed by atoms with van der Waals surface area (Å²) in [4.78, 5) is 13.1. The van der Waals surface area contributed by atoms with Crippen LogP contribution in [0.4, 0.5) is 5.82 Å². The van der Waals surface area contributed by atoms with Crippen molar-refractivity contribution >= 4 is 17.0 Å². The van der Waals surface area contributed by atoms with Crippen molar-refractivity contribution in [1.29, 1.82) is 0 Å². The molecule has 0 amide bonds. The molecule has 2 aromatic rings. The predicted octanol–water partition coefficient (Wildman–Crippen LogP) is 0.572. The zero-order valence-electron chi connectivity index (χ0n) is 14.7. The van der Waals surface area contributed by atoms with Crippen LogP contribution in [0.5, 0.6) is 0 Å². The van der Waals surface area contributed by atoms with Crippen molar-refractivity contribution in [3.63, 3.8) is 0 Å². The molecule has 4 N–H and O–H groups in total. The van der Waals surface area contributed by atoms with E-state index in [1.54, 1.807) is 4.57 Å². The number of hydrogen-bond donors (Lipinski definition) is 4. The van der Waals surface area contributed by atoms with Crippen LogP contribution in [0.3, 0.4) is 0 Å². The molecule has 1 saturated carbocycles. The van der Waals surface area contributed by atoms with Crippen LogP contribution in [-0.4, -0.2) is 65.3 Å². The maximum Gasteiger partial charge on any atom is 0.167 e. The number of aliphatic hydroxyl groups excluding tert-OH is 3. The number of nitrogens with one attached hydrogen (secondary N) is 1. The molecule has 1 saturated heterocycles. The van der Waals surface area contributed by atoms with Gasteiger partial charge >= 0.3 is 0 Å². The van der Waals surface area contributed by atoms with Gasteiger partial charge in [-0.15, -0.1) is 0 Å². The number of fused-ring (bicyclic) bond motifs is 1. The fourth-order valence-electron chi connectivity index (χ4n) is 4.11. The quantitative estimate of drug-likeness (QED) is 0.608. The monoisotopic (exact) mass is 363 g/mol. The van der Waals surface area contributed by atoms with Crippen molar-refractivity contribution in [3.8, 4) is 0 Å². The Morgan fingerprint density at radius 2 is 2.00 bits per heavy atom. The van der Waals surface area contributed by atoms with Crippen molar-refractivity contribution in [2.75, 3.05) is 11.9 Å². The summed E-state index contributed by atoms with van der Waals surface area (Å²) >= 11 is 0. The topological polar surface area (TPSA) is 126 Å². The summed E-state index contributed by atoms with van der Waals surface area (Å²) in [6.07, 6.45) is 4.56. The van der Waals surface area contributed by atoms with E-state index in [0.29, 0.717) is 17.0 Å². The highest BCUT2D eigenvalue weighted by Crippen LogP contribution is 2.37. The van der Waals surface area contributed by atoms with Gasteiger partial charge in [0.15, 0.2) is 23.2 Å². The molecule has 0 unspecified atom stereocenters. The Kier molecular flexibility index (Phi) is 4.55. The molecular weight excluding hydrogens is 338 g/mol. The fourth-order valence-corrected chi connectivity index (χ4v) is 4.11. The minimum atomic E-state index is -1.17. The highest BCUT2D eigenvalue weighted by molar-refractivity contribution is 5.83. The van der Waals surface area contributed by atoms with Gasteiger partial charge in [-0.05, 0) is 19.3 Å². The van der Waals surface area contributed by atoms with Crippen LogP contribution in [0.1, 0.15) is 45.3 Å². The number of aromatic nitrogens is 4. The van der Waals surface area contributed by atoms with E-state index in [0.717, 1.165) is 19.3 Å². The molecule has 0 aromatic carbocycles. The lowest BCUT2D eigenvalue weighted by Gasteiger charge is -2.29. The number of nitrogens with zero attached hydrogens (tertiary/aromatic N) is 4. The van der Waals surface area contributed by atoms with Crippen LogP contribution in [0.2, 0.25) is 0 Å². The van der Waals surface area contributed by atoms with Gasteiger partial charge in [0.05, 0.1) is 12.9 Å². The minimum absolute atomic E-state index is 0.0343. The van der Waals surface area contributed by atoms with Gasteiger partial charge in [0.2, 0.25) is 0 Å². The van der Waals surface area contributed by atoms with E-state index in [1.807, 2.05) is 0 Å². The molecule has 4 atom stereocenters. The van der Waals surface area contributed by atoms with E-state index in [4.69, 9.17) is 4.74 Å². The Morgan fingerprint density at radius 1 is 1.23 bits per heavy atom. The average molecular weight is 363 g/mol. The van der Waals surface area contributed by atoms with Gasteiger partial charge < -0.3 is 25.4 Å². The first-order valence-electron chi connectivity index (χ1n) is 9.17. The van der Waals surface area contributed by atoms with Crippen LogP contribution in [0.25, 0.3) is 11.2 Å². The molecular formula is C17H25N5O4. The molecule has 3 heterocycles. The van der Waals surface area contributed by atoms with E-state index in [2.05, 4.69) is 27.2 Å². The Hall–Kier alpha value is -1.81. The van der Waals surface area contributed by atoms with E-state index in [1.165, 1.54) is 25.5 Å². The van der Waals surface area contributed by atoms with Crippen LogP contribution < -0.4 is 5.32 Å². The molecule has 1 aliphatic carbocycles. The number of aliphatic hydroxyl groups is 3. The highest BCUT2D eigenvalue weighted by atomic mass is 16.6. The highest BCUT2D eigenvalue weighted by Gasteiger charge is 2.44. The van der Waals surface area contributed by atoms with Crippen LogP contribution >= 0.6 is 0 Å². The summed E-state index contributed by atoms with van der Waals surface area (Å²) in [5, 5.41) is 33.1. The number of rotatable bonds is 5. The fraction of sp³-hybridized carbons (Fsp3) is 0.706. The number of ether oxygens (including phenoxy) is 1. The van der Waals surface area contributed by atoms with Gasteiger partial charge in [-0.25, -0.2) is 15.0 Å². The van der Waals surface area contributed by atoms with Gasteiger partial charge in [-0.1, -0.05) is 19.8 Å². The second-order valence-corrected chi connectivity index (χ2v) is 7.24. The van der Waals surface area contributed by atoms with Crippen molar-refractivity contribution in [2.45, 2.75) is 69.1 Å². The van der Waals surface area contributed by atoms with E-state index in [9.17, 15) is 15.3 Å². The zero-order valence-corrected chi connectivity index (χ0v) is 14.7. The van der Waals surface area contributed by atoms with Gasteiger partial charge in [0, 0.05) is 5.54 Å². The van der Waals surface area contributed by atoms with Gasteiger partial charge in [0.25, 0.3) is 0 Å². The lowest BCUT2D eigenvalue weighted by Crippen LogP contribution is -2.34. The average Bonchev–Trinajstić information content (AvgIpc) is 3.35. The molecule has 0 bridgehead atoms. The van der Waals surface area contributed by atoms with Crippen LogP contribution in [0, 0.1) is 0 Å². The lowest BCUT2D eigenvalue weighted by molar-refractivity contribution is -0.0511. The third-order valence-electron chi connectivity index (χ3n) is 5.77. The molecule has 0 radical (unpaired) electrons. The number of hydrogen-bond acceptors (Lipinski definition) is 8. The number of imidazole rings is 1. The second-order valence-electron chi connectivity index (χ2n) is 7.24. The molecule has 26 heavy (non-hydrogen) atoms. The van der Waals surface area contributed by atoms with E-state index in [-0.39, 0.29) is 12.1 Å². The van der Waals surface area contributed by atoms with Crippen LogP contribution in [0.15, 0.2) is 12.7 Å². The first kappa shape index (κ1) is 17.6. The summed E-state index contributed by atoms with van der Waals surface area (Å²) in [5.41, 5.74) is 1.15. The summed E-state index contributed by atoms with van der Waals surface area (Å²) in [6, 6.07) is 0. The molecule has 9 heteroatoms. The molecule has 0 spiro atoms. The Morgan fingerprint density at radius 3 is 2.65 bits per heavy atom. The molecule has 2 aliphatic rings. The van der Waals surface area contributed by atoms with E-state index >= 15 is 0 Å². The maximum atomic E-state index is 10.3. The van der Waals surface area contributed by atoms with Crippen molar-refractivity contribution < 1.29 is 20.1 Å². The normalized spacial score (nSPS) is 30.9. The first-order chi connectivity index (χ1) is 12.6. The minimum Gasteiger partial charge on any atom is -0.394 e. The van der Waals surface area contributed by atoms with Crippen molar-refractivity contribution in [1.82, 2.24) is 19.5 Å². The Bertz CT molecular complexity index is 776. The zero-order chi connectivity index (χ0) is 18.3. The Labute approximate surface area is 151 Å². The van der Waals surface area contributed by atoms with Crippen molar-refractivity contribution in [3.05, 3.63) is 12.7 Å². The molecule has 2 aromatic heterocycles. The predicted molar refractivity (Wildman–Crippen MR) is 93.4 cm³/mol. The summed E-state index contributed by atoms with van der Waals surface area (Å²) in [5.74, 6) is 0.671. The molecule has 142 valence electrons. The molecule has 2 fully saturated rings. The van der Waals surface area contributed by atoms with Gasteiger partial charge in [-0.3, -0.25) is 4.57 Å². The van der Waals surface area contributed by atoms with Crippen LogP contribution in [-0.2, 0) is 4.74 Å². The molecule has 4 rings (SSSR count). The number of anilines is 1. The summed E-state index contributed by atoms with van der Waals surface area (Å²) in [6.45, 7) is 1.80. The maximum absolute atomic E-state index is 10.3. The smallest absolute Gasteiger partial charge is 0.167 e. The SMILES string of the molecule is CCC1(Nc2ncnc3c2ncn3[C@@H]2O[C@H](CO)[C@@H](O)[C@H]2O)CCCC1. The van der Waals surface area contributed by atoms with Gasteiger partial charge in [-0.2, -0.15) is 0 Å². The summed E-state index contributed by atoms with van der Waals surface area (Å²) < 4.78 is 7.18. The third-order valence-corrected chi connectivity index (χ3v) is 5.77. The van der Waals surface area contributed by atoms with Crippen molar-refractivity contribution in [2.24, 2.45) is 0 Å². The second kappa shape index (κ2) is 6.73. The van der Waals surface area contributed by atoms with E-state index < -0.39 is 24.5 Å². The molecule has 1 aliphatic heterocycles. The largest absolute Gasteiger partial charge is 0.394 e. The van der Waals surface area contributed by atoms with Gasteiger partial charge in [0.1, 0.15) is 24.6 Å². The molecule has 9 nitrogen and oxygen atoms in total. The third kappa shape index (κ3) is 2.75. The summed E-state index contributed by atoms with van der Waals surface area (Å²) in [7, 11) is 0. The standard InChI is InChI=1S/C17H25N5O4/c1-2-17(5-3-4-6-17)21-14-11-15(19-8-18-14)22(9-20-11)16-13(25)12(24)10(7-23)26-16/h8-10,12-13,16,23-25H,2-7H2,1H3,(H,18,19,21)/t10-,12-,13-,16-/m1/s1.